The van der Waals surface area contributed by atoms with Crippen LogP contribution < -0.4 is 10.1 Å². The first-order valence-corrected chi connectivity index (χ1v) is 6.42. The Hall–Kier alpha value is -2.04. The Balaban J connectivity index is 2.27. The van der Waals surface area contributed by atoms with Gasteiger partial charge in [-0.3, -0.25) is 4.79 Å². The van der Waals surface area contributed by atoms with E-state index in [0.717, 1.165) is 0 Å². The molecule has 102 valence electrons. The molecule has 1 aliphatic rings. The summed E-state index contributed by atoms with van der Waals surface area (Å²) in [4.78, 5) is 12.3. The molecule has 1 atom stereocenters. The zero-order chi connectivity index (χ0) is 14.3. The highest BCUT2D eigenvalue weighted by atomic mass is 35.5. The highest BCUT2D eigenvalue weighted by Gasteiger charge is 2.48. The van der Waals surface area contributed by atoms with Gasteiger partial charge in [-0.1, -0.05) is 29.8 Å². The fourth-order valence-electron chi connectivity index (χ4n) is 2.47. The van der Waals surface area contributed by atoms with Crippen LogP contribution in [0, 0.1) is 0 Å². The van der Waals surface area contributed by atoms with E-state index in [0.29, 0.717) is 27.6 Å². The minimum Gasteiger partial charge on any atom is -0.496 e. The number of carbonyl (C=O) groups excluding carboxylic acids is 1. The molecule has 2 aromatic carbocycles. The summed E-state index contributed by atoms with van der Waals surface area (Å²) in [6.45, 7) is 0. The van der Waals surface area contributed by atoms with E-state index in [9.17, 15) is 9.90 Å². The van der Waals surface area contributed by atoms with E-state index in [2.05, 4.69) is 5.32 Å². The maximum atomic E-state index is 12.3. The second-order valence-electron chi connectivity index (χ2n) is 4.55. The monoisotopic (exact) mass is 289 g/mol. The van der Waals surface area contributed by atoms with Gasteiger partial charge in [-0.15, -0.1) is 0 Å². The second-order valence-corrected chi connectivity index (χ2v) is 4.99. The van der Waals surface area contributed by atoms with E-state index in [4.69, 9.17) is 16.3 Å². The number of anilines is 1. The van der Waals surface area contributed by atoms with E-state index in [1.807, 2.05) is 0 Å². The van der Waals surface area contributed by atoms with Crippen LogP contribution in [0.3, 0.4) is 0 Å². The number of aliphatic hydroxyl groups is 1. The lowest BCUT2D eigenvalue weighted by Crippen LogP contribution is -2.35. The Morgan fingerprint density at radius 3 is 2.70 bits per heavy atom. The number of methoxy groups -OCH3 is 1. The molecule has 0 fully saturated rings. The van der Waals surface area contributed by atoms with Crippen molar-refractivity contribution in [3.05, 3.63) is 58.6 Å². The van der Waals surface area contributed by atoms with E-state index >= 15 is 0 Å². The molecule has 0 saturated heterocycles. The average Bonchev–Trinajstić information content (AvgIpc) is 2.72. The van der Waals surface area contributed by atoms with Gasteiger partial charge in [-0.2, -0.15) is 0 Å². The first kappa shape index (κ1) is 13.0. The van der Waals surface area contributed by atoms with Crippen LogP contribution >= 0.6 is 11.6 Å². The Morgan fingerprint density at radius 1 is 1.20 bits per heavy atom. The van der Waals surface area contributed by atoms with E-state index < -0.39 is 11.5 Å². The van der Waals surface area contributed by atoms with Gasteiger partial charge in [0.25, 0.3) is 5.91 Å². The van der Waals surface area contributed by atoms with Crippen molar-refractivity contribution >= 4 is 23.2 Å². The van der Waals surface area contributed by atoms with E-state index in [-0.39, 0.29) is 0 Å². The molecule has 4 nitrogen and oxygen atoms in total. The summed E-state index contributed by atoms with van der Waals surface area (Å²) in [6, 6.07) is 11.8. The van der Waals surface area contributed by atoms with Crippen LogP contribution in [0.25, 0.3) is 0 Å². The van der Waals surface area contributed by atoms with E-state index in [1.54, 1.807) is 42.5 Å². The van der Waals surface area contributed by atoms with Gasteiger partial charge < -0.3 is 15.2 Å². The zero-order valence-corrected chi connectivity index (χ0v) is 11.4. The molecule has 20 heavy (non-hydrogen) atoms. The van der Waals surface area contributed by atoms with Gasteiger partial charge in [-0.25, -0.2) is 0 Å². The fraction of sp³-hybridized carbons (Fsp3) is 0.133. The largest absolute Gasteiger partial charge is 0.496 e. The van der Waals surface area contributed by atoms with Crippen molar-refractivity contribution < 1.29 is 14.6 Å². The molecule has 0 saturated carbocycles. The maximum Gasteiger partial charge on any atom is 0.266 e. The number of halogens is 1. The number of hydrogen-bond donors (Lipinski definition) is 2. The third-order valence-corrected chi connectivity index (χ3v) is 3.68. The van der Waals surface area contributed by atoms with Gasteiger partial charge >= 0.3 is 0 Å². The number of rotatable bonds is 2. The average molecular weight is 290 g/mol. The standard InChI is InChI=1S/C15H12ClNO3/c1-20-13-5-3-2-4-10(13)15(19)11-8-9(16)6-7-12(11)17-14(15)18/h2-8,19H,1H3,(H,17,18)/t15-/m1/s1. The molecule has 2 aromatic rings. The summed E-state index contributed by atoms with van der Waals surface area (Å²) in [6.07, 6.45) is 0. The lowest BCUT2D eigenvalue weighted by molar-refractivity contribution is -0.129. The maximum absolute atomic E-state index is 12.3. The number of nitrogens with one attached hydrogen (secondary N) is 1. The van der Waals surface area contributed by atoms with Gasteiger partial charge in [0.15, 0.2) is 5.60 Å². The van der Waals surface area contributed by atoms with Crippen LogP contribution in [-0.2, 0) is 10.4 Å². The molecular weight excluding hydrogens is 278 g/mol. The van der Waals surface area contributed by atoms with Gasteiger partial charge in [-0.05, 0) is 24.3 Å². The lowest BCUT2D eigenvalue weighted by atomic mass is 9.87. The number of para-hydroxylation sites is 1. The summed E-state index contributed by atoms with van der Waals surface area (Å²) in [7, 11) is 1.49. The topological polar surface area (TPSA) is 58.6 Å². The molecule has 5 heteroatoms. The highest BCUT2D eigenvalue weighted by molar-refractivity contribution is 6.31. The van der Waals surface area contributed by atoms with Crippen LogP contribution in [0.4, 0.5) is 5.69 Å². The van der Waals surface area contributed by atoms with E-state index in [1.165, 1.54) is 7.11 Å². The predicted molar refractivity (Wildman–Crippen MR) is 76.1 cm³/mol. The number of ether oxygens (including phenoxy) is 1. The summed E-state index contributed by atoms with van der Waals surface area (Å²) in [5, 5.41) is 14.1. The third kappa shape index (κ3) is 1.69. The lowest BCUT2D eigenvalue weighted by Gasteiger charge is -2.23. The highest BCUT2D eigenvalue weighted by Crippen LogP contribution is 2.44. The molecule has 0 bridgehead atoms. The smallest absolute Gasteiger partial charge is 0.266 e. The van der Waals surface area contributed by atoms with Gasteiger partial charge in [0, 0.05) is 21.8 Å². The fourth-order valence-corrected chi connectivity index (χ4v) is 2.64. The summed E-state index contributed by atoms with van der Waals surface area (Å²) >= 11 is 5.98. The SMILES string of the molecule is COc1ccccc1[C@]1(O)C(=O)Nc2ccc(Cl)cc21. The molecule has 1 amide bonds. The molecule has 1 heterocycles. The van der Waals surface area contributed by atoms with Crippen LogP contribution in [0.15, 0.2) is 42.5 Å². The molecule has 0 spiro atoms. The zero-order valence-electron chi connectivity index (χ0n) is 10.7. The molecule has 0 aromatic heterocycles. The summed E-state index contributed by atoms with van der Waals surface area (Å²) in [5.74, 6) is -0.0720. The van der Waals surface area contributed by atoms with Crippen LogP contribution in [0.5, 0.6) is 5.75 Å². The molecule has 0 radical (unpaired) electrons. The Bertz CT molecular complexity index is 701. The Kier molecular flexibility index (Phi) is 2.92. The van der Waals surface area contributed by atoms with Crippen molar-refractivity contribution in [2.45, 2.75) is 5.60 Å². The van der Waals surface area contributed by atoms with Gasteiger partial charge in [0.2, 0.25) is 0 Å². The van der Waals surface area contributed by atoms with Crippen molar-refractivity contribution in [2.24, 2.45) is 0 Å². The number of hydrogen-bond acceptors (Lipinski definition) is 3. The first-order valence-electron chi connectivity index (χ1n) is 6.04. The van der Waals surface area contributed by atoms with Crippen molar-refractivity contribution in [3.63, 3.8) is 0 Å². The Labute approximate surface area is 120 Å². The van der Waals surface area contributed by atoms with Crippen LogP contribution in [0.2, 0.25) is 5.02 Å². The summed E-state index contributed by atoms with van der Waals surface area (Å²) in [5.41, 5.74) is -0.430. The molecule has 2 N–H and O–H groups in total. The third-order valence-electron chi connectivity index (χ3n) is 3.44. The molecule has 0 unspecified atom stereocenters. The van der Waals surface area contributed by atoms with Crippen molar-refractivity contribution in [2.75, 3.05) is 12.4 Å². The number of carbonyl (C=O) groups is 1. The summed E-state index contributed by atoms with van der Waals surface area (Å²) < 4.78 is 5.24. The second kappa shape index (κ2) is 4.51. The minimum atomic E-state index is -1.80. The van der Waals surface area contributed by atoms with Crippen molar-refractivity contribution in [3.8, 4) is 5.75 Å². The predicted octanol–water partition coefficient (Wildman–Crippen LogP) is 2.54. The molecule has 1 aliphatic heterocycles. The number of benzene rings is 2. The van der Waals surface area contributed by atoms with Crippen molar-refractivity contribution in [1.82, 2.24) is 0 Å². The number of amides is 1. The van der Waals surface area contributed by atoms with Crippen LogP contribution in [0.1, 0.15) is 11.1 Å². The molecule has 3 rings (SSSR count). The normalized spacial score (nSPS) is 20.4. The van der Waals surface area contributed by atoms with Gasteiger partial charge in [0.1, 0.15) is 5.75 Å². The minimum absolute atomic E-state index is 0.390. The van der Waals surface area contributed by atoms with Crippen molar-refractivity contribution in [1.29, 1.82) is 0 Å². The van der Waals surface area contributed by atoms with Gasteiger partial charge in [0.05, 0.1) is 7.11 Å². The molecular formula is C15H12ClNO3. The first-order chi connectivity index (χ1) is 9.57. The van der Waals surface area contributed by atoms with Crippen LogP contribution in [-0.4, -0.2) is 18.1 Å². The molecule has 0 aliphatic carbocycles. The Morgan fingerprint density at radius 2 is 1.95 bits per heavy atom. The number of fused-ring (bicyclic) bond motifs is 1. The quantitative estimate of drug-likeness (QED) is 0.893.